The predicted octanol–water partition coefficient (Wildman–Crippen LogP) is -0.325. The second kappa shape index (κ2) is 2.74. The van der Waals surface area contributed by atoms with Crippen LogP contribution in [-0.2, 0) is 4.79 Å². The molecule has 3 rings (SSSR count). The van der Waals surface area contributed by atoms with Crippen molar-refractivity contribution in [2.45, 2.75) is 24.9 Å². The Hall–Kier alpha value is -0.610. The number of amides is 1. The highest BCUT2D eigenvalue weighted by molar-refractivity contribution is 5.86. The Bertz CT molecular complexity index is 298. The van der Waals surface area contributed by atoms with E-state index in [1.54, 1.807) is 0 Å². The van der Waals surface area contributed by atoms with Gasteiger partial charge in [-0.3, -0.25) is 4.79 Å². The van der Waals surface area contributed by atoms with Gasteiger partial charge in [0.2, 0.25) is 0 Å². The number of carbonyl (C=O) groups is 1. The maximum absolute atomic E-state index is 11.9. The summed E-state index contributed by atoms with van der Waals surface area (Å²) in [5.41, 5.74) is -0.609. The molecular weight excluding hydrogens is 192 g/mol. The highest BCUT2D eigenvalue weighted by atomic mass is 16.3. The van der Waals surface area contributed by atoms with Gasteiger partial charge in [0.15, 0.2) is 0 Å². The Morgan fingerprint density at radius 3 is 2.20 bits per heavy atom. The standard InChI is InChI=1S/C11H18N2O2/c1-12-5-10(6-12)7-13(8-10)9(14)11(15)3-2-4-11/h15H,2-8H2,1H3. The van der Waals surface area contributed by atoms with E-state index in [2.05, 4.69) is 11.9 Å². The predicted molar refractivity (Wildman–Crippen MR) is 55.3 cm³/mol. The monoisotopic (exact) mass is 210 g/mol. The largest absolute Gasteiger partial charge is 0.380 e. The van der Waals surface area contributed by atoms with Crippen molar-refractivity contribution in [2.24, 2.45) is 5.41 Å². The van der Waals surface area contributed by atoms with Gasteiger partial charge in [0.05, 0.1) is 0 Å². The van der Waals surface area contributed by atoms with Crippen molar-refractivity contribution in [3.8, 4) is 0 Å². The topological polar surface area (TPSA) is 43.8 Å². The van der Waals surface area contributed by atoms with Gasteiger partial charge in [0.1, 0.15) is 5.60 Å². The third-order valence-electron chi connectivity index (χ3n) is 4.13. The Balaban J connectivity index is 1.57. The number of rotatable bonds is 1. The fourth-order valence-corrected chi connectivity index (χ4v) is 3.23. The summed E-state index contributed by atoms with van der Waals surface area (Å²) in [6.07, 6.45) is 2.31. The van der Waals surface area contributed by atoms with Crippen molar-refractivity contribution >= 4 is 5.91 Å². The van der Waals surface area contributed by atoms with Crippen LogP contribution in [0.15, 0.2) is 0 Å². The average Bonchev–Trinajstić information content (AvgIpc) is 2.03. The van der Waals surface area contributed by atoms with Gasteiger partial charge >= 0.3 is 0 Å². The number of hydrogen-bond acceptors (Lipinski definition) is 3. The summed E-state index contributed by atoms with van der Waals surface area (Å²) in [6, 6.07) is 0. The van der Waals surface area contributed by atoms with Crippen LogP contribution in [0.1, 0.15) is 19.3 Å². The smallest absolute Gasteiger partial charge is 0.254 e. The van der Waals surface area contributed by atoms with Crippen molar-refractivity contribution in [1.29, 1.82) is 0 Å². The fraction of sp³-hybridized carbons (Fsp3) is 0.909. The van der Waals surface area contributed by atoms with Gasteiger partial charge in [-0.15, -0.1) is 0 Å². The number of nitrogens with zero attached hydrogens (tertiary/aromatic N) is 2. The Morgan fingerprint density at radius 1 is 1.20 bits per heavy atom. The second-order valence-corrected chi connectivity index (χ2v) is 5.72. The van der Waals surface area contributed by atoms with Gasteiger partial charge in [0, 0.05) is 31.6 Å². The van der Waals surface area contributed by atoms with Crippen LogP contribution in [0.25, 0.3) is 0 Å². The first-order chi connectivity index (χ1) is 7.03. The minimum atomic E-state index is -0.989. The maximum atomic E-state index is 11.9. The van der Waals surface area contributed by atoms with E-state index >= 15 is 0 Å². The van der Waals surface area contributed by atoms with E-state index in [4.69, 9.17) is 0 Å². The number of carbonyl (C=O) groups excluding carboxylic acids is 1. The van der Waals surface area contributed by atoms with Crippen LogP contribution in [0.3, 0.4) is 0 Å². The fourth-order valence-electron chi connectivity index (χ4n) is 3.23. The Kier molecular flexibility index (Phi) is 1.75. The van der Waals surface area contributed by atoms with E-state index < -0.39 is 5.60 Å². The zero-order valence-electron chi connectivity index (χ0n) is 9.20. The molecule has 3 fully saturated rings. The summed E-state index contributed by atoms with van der Waals surface area (Å²) in [5.74, 6) is -0.0195. The molecule has 15 heavy (non-hydrogen) atoms. The summed E-state index contributed by atoms with van der Waals surface area (Å²) < 4.78 is 0. The van der Waals surface area contributed by atoms with Crippen LogP contribution in [0.4, 0.5) is 0 Å². The normalized spacial score (nSPS) is 31.7. The van der Waals surface area contributed by atoms with Crippen LogP contribution in [0.2, 0.25) is 0 Å². The minimum absolute atomic E-state index is 0.0195. The van der Waals surface area contributed by atoms with Crippen molar-refractivity contribution in [2.75, 3.05) is 33.2 Å². The third kappa shape index (κ3) is 1.24. The summed E-state index contributed by atoms with van der Waals surface area (Å²) in [6.45, 7) is 3.93. The maximum Gasteiger partial charge on any atom is 0.254 e. The van der Waals surface area contributed by atoms with Crippen LogP contribution in [0, 0.1) is 5.41 Å². The van der Waals surface area contributed by atoms with E-state index in [1.807, 2.05) is 4.90 Å². The van der Waals surface area contributed by atoms with E-state index in [0.717, 1.165) is 32.6 Å². The van der Waals surface area contributed by atoms with Crippen LogP contribution in [0.5, 0.6) is 0 Å². The van der Waals surface area contributed by atoms with E-state index in [9.17, 15) is 9.90 Å². The SMILES string of the molecule is CN1CC2(C1)CN(C(=O)C1(O)CCC1)C2. The number of likely N-dealkylation sites (tertiary alicyclic amines) is 2. The molecule has 2 saturated heterocycles. The first kappa shape index (κ1) is 9.60. The molecule has 0 unspecified atom stereocenters. The molecule has 3 aliphatic rings. The van der Waals surface area contributed by atoms with Crippen molar-refractivity contribution in [3.05, 3.63) is 0 Å². The molecule has 84 valence electrons. The van der Waals surface area contributed by atoms with E-state index in [1.165, 1.54) is 0 Å². The lowest BCUT2D eigenvalue weighted by molar-refractivity contribution is -0.182. The highest BCUT2D eigenvalue weighted by Crippen LogP contribution is 2.42. The molecule has 0 bridgehead atoms. The lowest BCUT2D eigenvalue weighted by Crippen LogP contribution is -2.74. The van der Waals surface area contributed by atoms with Crippen LogP contribution in [-0.4, -0.2) is 59.6 Å². The average molecular weight is 210 g/mol. The van der Waals surface area contributed by atoms with Crippen molar-refractivity contribution in [1.82, 2.24) is 9.80 Å². The zero-order valence-corrected chi connectivity index (χ0v) is 9.20. The molecule has 0 atom stereocenters. The Morgan fingerprint density at radius 2 is 1.80 bits per heavy atom. The molecule has 4 heteroatoms. The molecule has 4 nitrogen and oxygen atoms in total. The summed E-state index contributed by atoms with van der Waals surface area (Å²) in [7, 11) is 2.11. The minimum Gasteiger partial charge on any atom is -0.380 e. The molecule has 0 aromatic carbocycles. The lowest BCUT2D eigenvalue weighted by Gasteiger charge is -2.60. The van der Waals surface area contributed by atoms with E-state index in [-0.39, 0.29) is 5.91 Å². The molecule has 0 radical (unpaired) electrons. The molecule has 1 spiro atoms. The van der Waals surface area contributed by atoms with Gasteiger partial charge < -0.3 is 14.9 Å². The summed E-state index contributed by atoms with van der Waals surface area (Å²) in [4.78, 5) is 16.0. The van der Waals surface area contributed by atoms with E-state index in [0.29, 0.717) is 18.3 Å². The second-order valence-electron chi connectivity index (χ2n) is 5.72. The molecular formula is C11H18N2O2. The third-order valence-corrected chi connectivity index (χ3v) is 4.13. The Labute approximate surface area is 89.8 Å². The van der Waals surface area contributed by atoms with Gasteiger partial charge in [-0.05, 0) is 26.3 Å². The van der Waals surface area contributed by atoms with Gasteiger partial charge in [0.25, 0.3) is 5.91 Å². The molecule has 1 N–H and O–H groups in total. The highest BCUT2D eigenvalue weighted by Gasteiger charge is 2.55. The molecule has 0 aromatic rings. The summed E-state index contributed by atoms with van der Waals surface area (Å²) >= 11 is 0. The van der Waals surface area contributed by atoms with Crippen molar-refractivity contribution in [3.63, 3.8) is 0 Å². The lowest BCUT2D eigenvalue weighted by atomic mass is 9.71. The first-order valence-electron chi connectivity index (χ1n) is 5.73. The zero-order chi connectivity index (χ0) is 10.7. The van der Waals surface area contributed by atoms with Crippen LogP contribution < -0.4 is 0 Å². The first-order valence-corrected chi connectivity index (χ1v) is 5.73. The summed E-state index contributed by atoms with van der Waals surface area (Å²) in [5, 5.41) is 9.93. The number of hydrogen-bond donors (Lipinski definition) is 1. The van der Waals surface area contributed by atoms with Crippen molar-refractivity contribution < 1.29 is 9.90 Å². The van der Waals surface area contributed by atoms with Gasteiger partial charge in [-0.25, -0.2) is 0 Å². The van der Waals surface area contributed by atoms with Crippen LogP contribution >= 0.6 is 0 Å². The molecule has 1 aliphatic carbocycles. The quantitative estimate of drug-likeness (QED) is 0.645. The molecule has 1 saturated carbocycles. The number of aliphatic hydroxyl groups is 1. The van der Waals surface area contributed by atoms with Gasteiger partial charge in [-0.1, -0.05) is 0 Å². The molecule has 2 heterocycles. The van der Waals surface area contributed by atoms with Gasteiger partial charge in [-0.2, -0.15) is 0 Å². The molecule has 0 aromatic heterocycles. The molecule has 2 aliphatic heterocycles. The molecule has 1 amide bonds.